The highest BCUT2D eigenvalue weighted by molar-refractivity contribution is 5.99. The fourth-order valence-corrected chi connectivity index (χ4v) is 8.89. The molecule has 3 fully saturated rings. The van der Waals surface area contributed by atoms with E-state index in [1.165, 1.54) is 0 Å². The predicted octanol–water partition coefficient (Wildman–Crippen LogP) is 5.41. The van der Waals surface area contributed by atoms with Crippen molar-refractivity contribution in [3.05, 3.63) is 97.1 Å². The maximum absolute atomic E-state index is 15.2. The van der Waals surface area contributed by atoms with Crippen LogP contribution in [0.5, 0.6) is 0 Å². The smallest absolute Gasteiger partial charge is 0.249 e. The van der Waals surface area contributed by atoms with Gasteiger partial charge in [0.05, 0.1) is 30.6 Å². The summed E-state index contributed by atoms with van der Waals surface area (Å²) >= 11 is 0. The van der Waals surface area contributed by atoms with E-state index in [0.29, 0.717) is 45.3 Å². The van der Waals surface area contributed by atoms with Crippen molar-refractivity contribution in [1.29, 1.82) is 0 Å². The van der Waals surface area contributed by atoms with E-state index in [9.17, 15) is 14.7 Å². The molecule has 0 aliphatic carbocycles. The molecule has 2 aromatic carbocycles. The van der Waals surface area contributed by atoms with Crippen LogP contribution in [0.15, 0.2) is 86.0 Å². The Hall–Kier alpha value is -3.75. The first-order valence-corrected chi connectivity index (χ1v) is 17.3. The number of fused-ring (bicyclic) bond motifs is 1. The SMILES string of the molecule is C=CCN(Cc1ccccc1)C(=O)[C@@H]1[C@@H]2CCC3(O2)C(C(=O)N(CC=C)C(C)(C)CC(C)(C)C)N([C@@H](CO)Cc2ccccc2)C(=O)[C@H]13. The molecule has 0 saturated carbocycles. The zero-order valence-corrected chi connectivity index (χ0v) is 29.3. The lowest BCUT2D eigenvalue weighted by Gasteiger charge is -2.46. The maximum Gasteiger partial charge on any atom is 0.249 e. The van der Waals surface area contributed by atoms with Crippen LogP contribution in [0.2, 0.25) is 0 Å². The fraction of sp³-hybridized carbons (Fsp3) is 0.525. The summed E-state index contributed by atoms with van der Waals surface area (Å²) in [6, 6.07) is 17.8. The lowest BCUT2D eigenvalue weighted by atomic mass is 9.70. The molecule has 0 aromatic heterocycles. The Morgan fingerprint density at radius 2 is 1.58 bits per heavy atom. The Bertz CT molecular complexity index is 1490. The summed E-state index contributed by atoms with van der Waals surface area (Å²) in [5.41, 5.74) is 0.0713. The third-order valence-corrected chi connectivity index (χ3v) is 10.3. The van der Waals surface area contributed by atoms with E-state index in [-0.39, 0.29) is 29.7 Å². The average molecular weight is 656 g/mol. The molecule has 8 heteroatoms. The molecule has 1 spiro atoms. The molecular weight excluding hydrogens is 602 g/mol. The van der Waals surface area contributed by atoms with Gasteiger partial charge in [-0.15, -0.1) is 13.2 Å². The van der Waals surface area contributed by atoms with E-state index >= 15 is 4.79 Å². The number of aliphatic hydroxyl groups is 1. The molecular formula is C40H53N3O5. The molecule has 3 saturated heterocycles. The van der Waals surface area contributed by atoms with Gasteiger partial charge in [0.1, 0.15) is 11.6 Å². The Morgan fingerprint density at radius 3 is 2.15 bits per heavy atom. The normalized spacial score (nSPS) is 25.5. The van der Waals surface area contributed by atoms with Gasteiger partial charge in [0.25, 0.3) is 0 Å². The van der Waals surface area contributed by atoms with Crippen molar-refractivity contribution in [3.8, 4) is 0 Å². The van der Waals surface area contributed by atoms with Crippen molar-refractivity contribution < 1.29 is 24.2 Å². The van der Waals surface area contributed by atoms with Crippen molar-refractivity contribution >= 4 is 17.7 Å². The Kier molecular flexibility index (Phi) is 10.4. The maximum atomic E-state index is 15.2. The molecule has 3 heterocycles. The number of hydrogen-bond donors (Lipinski definition) is 1. The highest BCUT2D eigenvalue weighted by Gasteiger charge is 2.75. The van der Waals surface area contributed by atoms with Gasteiger partial charge in [-0.3, -0.25) is 14.4 Å². The number of amides is 3. The molecule has 5 rings (SSSR count). The van der Waals surface area contributed by atoms with Gasteiger partial charge in [-0.2, -0.15) is 0 Å². The van der Waals surface area contributed by atoms with Crippen molar-refractivity contribution in [1.82, 2.24) is 14.7 Å². The summed E-state index contributed by atoms with van der Waals surface area (Å²) in [5.74, 6) is -2.29. The van der Waals surface area contributed by atoms with Crippen LogP contribution < -0.4 is 0 Å². The van der Waals surface area contributed by atoms with Gasteiger partial charge in [-0.25, -0.2) is 0 Å². The largest absolute Gasteiger partial charge is 0.394 e. The van der Waals surface area contributed by atoms with Gasteiger partial charge in [-0.05, 0) is 56.1 Å². The molecule has 8 nitrogen and oxygen atoms in total. The summed E-state index contributed by atoms with van der Waals surface area (Å²) in [5, 5.41) is 10.9. The standard InChI is InChI=1S/C40H53N3O5/c1-8-22-41(25-29-18-14-11-15-19-29)35(45)32-31-20-21-40(48-31)33(32)36(46)43(30(26-44)24-28-16-12-10-13-17-28)34(40)37(47)42(23-9-2)39(6,7)27-38(3,4)5/h8-19,30-34,44H,1-2,20-27H2,3-7H3/t30-,31+,32-,33+,34?,40?/m1/s1. The van der Waals surface area contributed by atoms with Crippen LogP contribution in [0.1, 0.15) is 65.0 Å². The van der Waals surface area contributed by atoms with Gasteiger partial charge in [0.2, 0.25) is 17.7 Å². The van der Waals surface area contributed by atoms with Crippen LogP contribution in [0.25, 0.3) is 0 Å². The van der Waals surface area contributed by atoms with Crippen LogP contribution in [0.4, 0.5) is 0 Å². The first kappa shape index (κ1) is 35.6. The number of carbonyl (C=O) groups excluding carboxylic acids is 3. The first-order chi connectivity index (χ1) is 22.8. The number of aliphatic hydroxyl groups excluding tert-OH is 1. The van der Waals surface area contributed by atoms with E-state index in [1.807, 2.05) is 65.6 Å². The van der Waals surface area contributed by atoms with Crippen LogP contribution in [0.3, 0.4) is 0 Å². The number of carbonyl (C=O) groups is 3. The highest BCUT2D eigenvalue weighted by Crippen LogP contribution is 2.59. The Balaban J connectivity index is 1.59. The summed E-state index contributed by atoms with van der Waals surface area (Å²) < 4.78 is 6.83. The molecule has 48 heavy (non-hydrogen) atoms. The van der Waals surface area contributed by atoms with E-state index in [2.05, 4.69) is 47.8 Å². The van der Waals surface area contributed by atoms with Gasteiger partial charge >= 0.3 is 0 Å². The van der Waals surface area contributed by atoms with Crippen LogP contribution in [-0.4, -0.2) is 86.6 Å². The molecule has 1 N–H and O–H groups in total. The summed E-state index contributed by atoms with van der Waals surface area (Å²) in [6.07, 6.45) is 5.07. The van der Waals surface area contributed by atoms with E-state index in [1.54, 1.807) is 22.0 Å². The van der Waals surface area contributed by atoms with Crippen molar-refractivity contribution in [3.63, 3.8) is 0 Å². The summed E-state index contributed by atoms with van der Waals surface area (Å²) in [7, 11) is 0. The Morgan fingerprint density at radius 1 is 0.979 bits per heavy atom. The minimum Gasteiger partial charge on any atom is -0.394 e. The number of likely N-dealkylation sites (tertiary alicyclic amines) is 1. The molecule has 2 bridgehead atoms. The van der Waals surface area contributed by atoms with Crippen molar-refractivity contribution in [2.75, 3.05) is 19.7 Å². The topological polar surface area (TPSA) is 90.4 Å². The molecule has 0 radical (unpaired) electrons. The number of benzene rings is 2. The van der Waals surface area contributed by atoms with Crippen molar-refractivity contribution in [2.24, 2.45) is 17.3 Å². The number of rotatable bonds is 14. The Labute approximate surface area is 286 Å². The molecule has 3 amide bonds. The van der Waals surface area contributed by atoms with Crippen molar-refractivity contribution in [2.45, 2.75) is 96.2 Å². The molecule has 3 aliphatic rings. The third kappa shape index (κ3) is 6.74. The third-order valence-electron chi connectivity index (χ3n) is 10.3. The minimum absolute atomic E-state index is 0.0800. The summed E-state index contributed by atoms with van der Waals surface area (Å²) in [6.45, 7) is 19.1. The second-order valence-corrected chi connectivity index (χ2v) is 15.6. The highest BCUT2D eigenvalue weighted by atomic mass is 16.5. The number of hydrogen-bond acceptors (Lipinski definition) is 5. The minimum atomic E-state index is -1.19. The molecule has 258 valence electrons. The van der Waals surface area contributed by atoms with Gasteiger partial charge in [0, 0.05) is 25.2 Å². The van der Waals surface area contributed by atoms with E-state index < -0.39 is 41.2 Å². The van der Waals surface area contributed by atoms with Crippen LogP contribution in [0, 0.1) is 17.3 Å². The monoisotopic (exact) mass is 655 g/mol. The molecule has 3 aliphatic heterocycles. The van der Waals surface area contributed by atoms with Gasteiger partial charge in [0.15, 0.2) is 0 Å². The zero-order chi connectivity index (χ0) is 34.9. The predicted molar refractivity (Wildman–Crippen MR) is 188 cm³/mol. The molecule has 6 atom stereocenters. The number of ether oxygens (including phenoxy) is 1. The van der Waals surface area contributed by atoms with E-state index in [0.717, 1.165) is 11.1 Å². The second kappa shape index (κ2) is 14.0. The molecule has 2 aromatic rings. The number of nitrogens with zero attached hydrogens (tertiary/aromatic N) is 3. The lowest BCUT2D eigenvalue weighted by molar-refractivity contribution is -0.155. The zero-order valence-electron chi connectivity index (χ0n) is 29.3. The summed E-state index contributed by atoms with van der Waals surface area (Å²) in [4.78, 5) is 49.8. The van der Waals surface area contributed by atoms with Gasteiger partial charge in [-0.1, -0.05) is 93.6 Å². The first-order valence-electron chi connectivity index (χ1n) is 17.3. The van der Waals surface area contributed by atoms with E-state index in [4.69, 9.17) is 4.74 Å². The second-order valence-electron chi connectivity index (χ2n) is 15.6. The quantitative estimate of drug-likeness (QED) is 0.275. The van der Waals surface area contributed by atoms with Crippen LogP contribution in [-0.2, 0) is 32.1 Å². The average Bonchev–Trinajstić information content (AvgIpc) is 3.69. The van der Waals surface area contributed by atoms with Gasteiger partial charge < -0.3 is 24.5 Å². The lowest BCUT2D eigenvalue weighted by Crippen LogP contribution is -2.62. The fourth-order valence-electron chi connectivity index (χ4n) is 8.89. The molecule has 2 unspecified atom stereocenters. The van der Waals surface area contributed by atoms with Crippen LogP contribution >= 0.6 is 0 Å².